The number of aliphatic hydroxyl groups excluding tert-OH is 1. The van der Waals surface area contributed by atoms with Crippen LogP contribution in [-0.4, -0.2) is 23.4 Å². The van der Waals surface area contributed by atoms with Crippen molar-refractivity contribution in [1.82, 2.24) is 0 Å². The summed E-state index contributed by atoms with van der Waals surface area (Å²) >= 11 is 0. The van der Waals surface area contributed by atoms with E-state index in [1.54, 1.807) is 0 Å². The molecular weight excluding hydrogens is 200 g/mol. The molecule has 1 rings (SSSR count). The van der Waals surface area contributed by atoms with Crippen molar-refractivity contribution in [2.45, 2.75) is 65.6 Å². The first-order valence-corrected chi connectivity index (χ1v) is 6.23. The third-order valence-corrected chi connectivity index (χ3v) is 3.31. The molecule has 94 valence electrons. The Kier molecular flexibility index (Phi) is 4.19. The summed E-state index contributed by atoms with van der Waals surface area (Å²) in [5, 5.41) is 9.20. The molecule has 16 heavy (non-hydrogen) atoms. The van der Waals surface area contributed by atoms with Crippen LogP contribution in [0.3, 0.4) is 0 Å². The standard InChI is InChI=1S/C14H26O2/c1-11(16-14(4,5)10-15)12-7-6-8-13(2,3)9-12/h7,11,15H,6,8-10H2,1-5H3. The van der Waals surface area contributed by atoms with Gasteiger partial charge in [0.2, 0.25) is 0 Å². The molecule has 0 saturated carbocycles. The van der Waals surface area contributed by atoms with Crippen LogP contribution in [0, 0.1) is 5.41 Å². The van der Waals surface area contributed by atoms with E-state index in [4.69, 9.17) is 4.74 Å². The fourth-order valence-electron chi connectivity index (χ4n) is 2.26. The Hall–Kier alpha value is -0.340. The first-order chi connectivity index (χ1) is 7.26. The first kappa shape index (κ1) is 13.7. The fourth-order valence-corrected chi connectivity index (χ4v) is 2.26. The Morgan fingerprint density at radius 3 is 2.62 bits per heavy atom. The highest BCUT2D eigenvalue weighted by atomic mass is 16.5. The van der Waals surface area contributed by atoms with Crippen molar-refractivity contribution in [2.75, 3.05) is 6.61 Å². The second kappa shape index (κ2) is 4.89. The van der Waals surface area contributed by atoms with Crippen molar-refractivity contribution in [2.24, 2.45) is 5.41 Å². The highest BCUT2D eigenvalue weighted by molar-refractivity contribution is 5.13. The van der Waals surface area contributed by atoms with Gasteiger partial charge in [-0.25, -0.2) is 0 Å². The van der Waals surface area contributed by atoms with Gasteiger partial charge in [0.05, 0.1) is 18.3 Å². The molecule has 0 bridgehead atoms. The summed E-state index contributed by atoms with van der Waals surface area (Å²) in [6, 6.07) is 0. The van der Waals surface area contributed by atoms with Crippen LogP contribution in [0.2, 0.25) is 0 Å². The van der Waals surface area contributed by atoms with Crippen LogP contribution in [0.5, 0.6) is 0 Å². The third-order valence-electron chi connectivity index (χ3n) is 3.31. The zero-order chi connectivity index (χ0) is 12.4. The van der Waals surface area contributed by atoms with Crippen molar-refractivity contribution in [3.8, 4) is 0 Å². The largest absolute Gasteiger partial charge is 0.393 e. The summed E-state index contributed by atoms with van der Waals surface area (Å²) in [5.74, 6) is 0. The molecule has 0 amide bonds. The maximum Gasteiger partial charge on any atom is 0.0864 e. The number of rotatable bonds is 4. The van der Waals surface area contributed by atoms with Crippen molar-refractivity contribution < 1.29 is 9.84 Å². The number of ether oxygens (including phenoxy) is 1. The molecule has 0 saturated heterocycles. The van der Waals surface area contributed by atoms with Gasteiger partial charge in [-0.15, -0.1) is 0 Å². The molecule has 0 radical (unpaired) electrons. The minimum Gasteiger partial charge on any atom is -0.393 e. The Bertz CT molecular complexity index is 264. The second-order valence-electron chi connectivity index (χ2n) is 6.34. The van der Waals surface area contributed by atoms with E-state index in [2.05, 4.69) is 26.8 Å². The lowest BCUT2D eigenvalue weighted by Gasteiger charge is -2.35. The Balaban J connectivity index is 2.61. The van der Waals surface area contributed by atoms with E-state index >= 15 is 0 Å². The summed E-state index contributed by atoms with van der Waals surface area (Å²) in [4.78, 5) is 0. The van der Waals surface area contributed by atoms with E-state index in [0.717, 1.165) is 12.8 Å². The maximum atomic E-state index is 9.20. The Morgan fingerprint density at radius 1 is 1.50 bits per heavy atom. The molecule has 0 fully saturated rings. The lowest BCUT2D eigenvalue weighted by Crippen LogP contribution is -2.35. The molecule has 0 aromatic heterocycles. The average Bonchev–Trinajstić information content (AvgIpc) is 2.15. The van der Waals surface area contributed by atoms with Crippen LogP contribution in [-0.2, 0) is 4.74 Å². The molecule has 0 aliphatic heterocycles. The Labute approximate surface area is 99.7 Å². The normalized spacial score (nSPS) is 22.8. The van der Waals surface area contributed by atoms with Crippen LogP contribution in [0.25, 0.3) is 0 Å². The molecule has 1 atom stereocenters. The van der Waals surface area contributed by atoms with Gasteiger partial charge in [0.1, 0.15) is 0 Å². The van der Waals surface area contributed by atoms with Crippen LogP contribution < -0.4 is 0 Å². The molecule has 1 aliphatic rings. The van der Waals surface area contributed by atoms with Crippen LogP contribution >= 0.6 is 0 Å². The molecule has 0 aromatic rings. The van der Waals surface area contributed by atoms with Gasteiger partial charge in [-0.1, -0.05) is 19.9 Å². The molecule has 1 N–H and O–H groups in total. The van der Waals surface area contributed by atoms with Gasteiger partial charge in [-0.2, -0.15) is 0 Å². The molecule has 0 spiro atoms. The number of aliphatic hydroxyl groups is 1. The van der Waals surface area contributed by atoms with Gasteiger partial charge in [-0.05, 0) is 51.0 Å². The lowest BCUT2D eigenvalue weighted by atomic mass is 9.76. The monoisotopic (exact) mass is 226 g/mol. The minimum atomic E-state index is -0.443. The summed E-state index contributed by atoms with van der Waals surface area (Å²) in [5.41, 5.74) is 1.34. The quantitative estimate of drug-likeness (QED) is 0.745. The lowest BCUT2D eigenvalue weighted by molar-refractivity contribution is -0.0806. The van der Waals surface area contributed by atoms with Crippen LogP contribution in [0.4, 0.5) is 0 Å². The van der Waals surface area contributed by atoms with Gasteiger partial charge in [0.25, 0.3) is 0 Å². The second-order valence-corrected chi connectivity index (χ2v) is 6.34. The summed E-state index contributed by atoms with van der Waals surface area (Å²) < 4.78 is 5.90. The van der Waals surface area contributed by atoms with E-state index in [0.29, 0.717) is 5.41 Å². The molecule has 2 nitrogen and oxygen atoms in total. The zero-order valence-corrected chi connectivity index (χ0v) is 11.3. The number of allylic oxidation sites excluding steroid dienone is 1. The van der Waals surface area contributed by atoms with Gasteiger partial charge >= 0.3 is 0 Å². The van der Waals surface area contributed by atoms with Crippen LogP contribution in [0.1, 0.15) is 53.9 Å². The number of hydrogen-bond donors (Lipinski definition) is 1. The first-order valence-electron chi connectivity index (χ1n) is 6.23. The van der Waals surface area contributed by atoms with Crippen molar-refractivity contribution in [3.63, 3.8) is 0 Å². The van der Waals surface area contributed by atoms with Crippen molar-refractivity contribution in [3.05, 3.63) is 11.6 Å². The summed E-state index contributed by atoms with van der Waals surface area (Å²) in [6.07, 6.45) is 5.93. The van der Waals surface area contributed by atoms with Gasteiger partial charge in [0.15, 0.2) is 0 Å². The van der Waals surface area contributed by atoms with E-state index in [1.807, 2.05) is 13.8 Å². The van der Waals surface area contributed by atoms with E-state index in [1.165, 1.54) is 12.0 Å². The SMILES string of the molecule is CC(OC(C)(C)CO)C1=CCCC(C)(C)C1. The molecule has 2 heteroatoms. The maximum absolute atomic E-state index is 9.20. The van der Waals surface area contributed by atoms with Crippen molar-refractivity contribution in [1.29, 1.82) is 0 Å². The zero-order valence-electron chi connectivity index (χ0n) is 11.3. The minimum absolute atomic E-state index is 0.0635. The molecule has 0 heterocycles. The van der Waals surface area contributed by atoms with E-state index in [-0.39, 0.29) is 12.7 Å². The summed E-state index contributed by atoms with van der Waals surface area (Å²) in [7, 11) is 0. The highest BCUT2D eigenvalue weighted by Gasteiger charge is 2.28. The third kappa shape index (κ3) is 3.91. The van der Waals surface area contributed by atoms with Gasteiger partial charge < -0.3 is 9.84 Å². The van der Waals surface area contributed by atoms with Crippen LogP contribution in [0.15, 0.2) is 11.6 Å². The number of hydrogen-bond acceptors (Lipinski definition) is 2. The van der Waals surface area contributed by atoms with Gasteiger partial charge in [-0.3, -0.25) is 0 Å². The predicted molar refractivity (Wildman–Crippen MR) is 67.4 cm³/mol. The van der Waals surface area contributed by atoms with E-state index < -0.39 is 5.60 Å². The highest BCUT2D eigenvalue weighted by Crippen LogP contribution is 2.37. The Morgan fingerprint density at radius 2 is 2.12 bits per heavy atom. The van der Waals surface area contributed by atoms with E-state index in [9.17, 15) is 5.11 Å². The summed E-state index contributed by atoms with van der Waals surface area (Å²) in [6.45, 7) is 10.6. The smallest absolute Gasteiger partial charge is 0.0864 e. The predicted octanol–water partition coefficient (Wildman–Crippen LogP) is 3.30. The molecular formula is C14H26O2. The molecule has 1 aliphatic carbocycles. The molecule has 0 aromatic carbocycles. The average molecular weight is 226 g/mol. The van der Waals surface area contributed by atoms with Crippen molar-refractivity contribution >= 4 is 0 Å². The van der Waals surface area contributed by atoms with Gasteiger partial charge in [0, 0.05) is 0 Å². The fraction of sp³-hybridized carbons (Fsp3) is 0.857. The topological polar surface area (TPSA) is 29.5 Å². The molecule has 1 unspecified atom stereocenters.